The number of aromatic amines is 1. The Hall–Kier alpha value is -1.55. The highest BCUT2D eigenvalue weighted by Crippen LogP contribution is 2.26. The number of hydrogen-bond donors (Lipinski definition) is 1. The number of H-pyrrole nitrogens is 1. The molecule has 0 bridgehead atoms. The number of nitrogens with one attached hydrogen (secondary N) is 1. The highest BCUT2D eigenvalue weighted by molar-refractivity contribution is 6.42. The molecule has 1 heterocycles. The minimum atomic E-state index is 0.275. The van der Waals surface area contributed by atoms with Gasteiger partial charge in [-0.25, -0.2) is 4.98 Å². The summed E-state index contributed by atoms with van der Waals surface area (Å²) in [7, 11) is 2.11. The number of aromatic nitrogens is 2. The molecule has 0 spiro atoms. The molecular formula is C18H19Cl2N3. The van der Waals surface area contributed by atoms with Crippen LogP contribution in [-0.2, 0) is 6.54 Å². The third-order valence-electron chi connectivity index (χ3n) is 4.18. The van der Waals surface area contributed by atoms with Crippen LogP contribution in [0.3, 0.4) is 0 Å². The first-order valence-electron chi connectivity index (χ1n) is 7.54. The van der Waals surface area contributed by atoms with Gasteiger partial charge >= 0.3 is 0 Å². The number of halogens is 2. The molecule has 5 heteroatoms. The van der Waals surface area contributed by atoms with Gasteiger partial charge in [-0.1, -0.05) is 35.3 Å². The van der Waals surface area contributed by atoms with E-state index in [9.17, 15) is 0 Å². The fourth-order valence-corrected chi connectivity index (χ4v) is 3.05. The van der Waals surface area contributed by atoms with Crippen molar-refractivity contribution in [3.05, 3.63) is 63.4 Å². The molecule has 120 valence electrons. The van der Waals surface area contributed by atoms with Gasteiger partial charge in [-0.2, -0.15) is 0 Å². The van der Waals surface area contributed by atoms with Gasteiger partial charge in [-0.3, -0.25) is 4.90 Å². The van der Waals surface area contributed by atoms with E-state index in [1.165, 1.54) is 5.56 Å². The standard InChI is InChI=1S/C18H19Cl2N3/c1-11(14-5-7-17-18(9-14)22-12(2)21-17)23(3)10-13-4-6-15(19)16(20)8-13/h4-9,11H,10H2,1-3H3,(H,21,22). The van der Waals surface area contributed by atoms with Crippen LogP contribution in [0.4, 0.5) is 0 Å². The second kappa shape index (κ2) is 6.52. The summed E-state index contributed by atoms with van der Waals surface area (Å²) < 4.78 is 0. The second-order valence-corrected chi connectivity index (χ2v) is 6.75. The Kier molecular flexibility index (Phi) is 4.62. The van der Waals surface area contributed by atoms with Gasteiger partial charge in [0.25, 0.3) is 0 Å². The largest absolute Gasteiger partial charge is 0.342 e. The number of aryl methyl sites for hydroxylation is 1. The van der Waals surface area contributed by atoms with Gasteiger partial charge < -0.3 is 4.98 Å². The van der Waals surface area contributed by atoms with Crippen molar-refractivity contribution < 1.29 is 0 Å². The Morgan fingerprint density at radius 3 is 2.65 bits per heavy atom. The lowest BCUT2D eigenvalue weighted by atomic mass is 10.1. The van der Waals surface area contributed by atoms with Crippen molar-refractivity contribution in [2.24, 2.45) is 0 Å². The maximum atomic E-state index is 6.10. The Balaban J connectivity index is 1.79. The van der Waals surface area contributed by atoms with Gasteiger partial charge in [-0.05, 0) is 56.3 Å². The van der Waals surface area contributed by atoms with Crippen molar-refractivity contribution in [1.82, 2.24) is 14.9 Å². The fraction of sp³-hybridized carbons (Fsp3) is 0.278. The molecule has 0 aliphatic heterocycles. The number of rotatable bonds is 4. The van der Waals surface area contributed by atoms with Gasteiger partial charge in [0.2, 0.25) is 0 Å². The van der Waals surface area contributed by atoms with Crippen LogP contribution in [0.15, 0.2) is 36.4 Å². The molecule has 0 amide bonds. The van der Waals surface area contributed by atoms with Gasteiger partial charge in [0.15, 0.2) is 0 Å². The van der Waals surface area contributed by atoms with Crippen LogP contribution < -0.4 is 0 Å². The summed E-state index contributed by atoms with van der Waals surface area (Å²) in [6, 6.07) is 12.4. The van der Waals surface area contributed by atoms with Crippen LogP contribution in [0.1, 0.15) is 29.9 Å². The molecular weight excluding hydrogens is 329 g/mol. The summed E-state index contributed by atoms with van der Waals surface area (Å²) in [5, 5.41) is 1.19. The SMILES string of the molecule is Cc1nc2ccc(C(C)N(C)Cc3ccc(Cl)c(Cl)c3)cc2[nH]1. The van der Waals surface area contributed by atoms with E-state index in [-0.39, 0.29) is 6.04 Å². The lowest BCUT2D eigenvalue weighted by Crippen LogP contribution is -2.21. The highest BCUT2D eigenvalue weighted by Gasteiger charge is 2.14. The molecule has 2 aromatic carbocycles. The molecule has 0 radical (unpaired) electrons. The molecule has 1 N–H and O–H groups in total. The molecule has 1 unspecified atom stereocenters. The Labute approximate surface area is 146 Å². The molecule has 1 aromatic heterocycles. The maximum absolute atomic E-state index is 6.10. The average Bonchev–Trinajstić information content (AvgIpc) is 2.89. The van der Waals surface area contributed by atoms with E-state index in [2.05, 4.69) is 47.0 Å². The Morgan fingerprint density at radius 2 is 1.91 bits per heavy atom. The van der Waals surface area contributed by atoms with E-state index < -0.39 is 0 Å². The van der Waals surface area contributed by atoms with Gasteiger partial charge in [-0.15, -0.1) is 0 Å². The molecule has 1 atom stereocenters. The minimum Gasteiger partial charge on any atom is -0.342 e. The van der Waals surface area contributed by atoms with Gasteiger partial charge in [0.1, 0.15) is 5.82 Å². The van der Waals surface area contributed by atoms with E-state index >= 15 is 0 Å². The van der Waals surface area contributed by atoms with Crippen molar-refractivity contribution in [2.75, 3.05) is 7.05 Å². The van der Waals surface area contributed by atoms with E-state index in [0.717, 1.165) is 29.0 Å². The molecule has 0 aliphatic rings. The van der Waals surface area contributed by atoms with Crippen molar-refractivity contribution in [3.63, 3.8) is 0 Å². The first-order valence-corrected chi connectivity index (χ1v) is 8.30. The van der Waals surface area contributed by atoms with Crippen molar-refractivity contribution in [2.45, 2.75) is 26.4 Å². The zero-order valence-electron chi connectivity index (χ0n) is 13.4. The predicted molar refractivity (Wildman–Crippen MR) is 97.2 cm³/mol. The zero-order chi connectivity index (χ0) is 16.6. The first-order chi connectivity index (χ1) is 10.9. The van der Waals surface area contributed by atoms with E-state index in [1.807, 2.05) is 25.1 Å². The molecule has 0 aliphatic carbocycles. The normalized spacial score (nSPS) is 13.0. The topological polar surface area (TPSA) is 31.9 Å². The molecule has 0 fully saturated rings. The number of imidazole rings is 1. The average molecular weight is 348 g/mol. The Bertz CT molecular complexity index is 841. The van der Waals surface area contributed by atoms with Crippen LogP contribution >= 0.6 is 23.2 Å². The van der Waals surface area contributed by atoms with E-state index in [0.29, 0.717) is 10.0 Å². The molecule has 0 saturated carbocycles. The van der Waals surface area contributed by atoms with E-state index in [1.54, 1.807) is 0 Å². The van der Waals surface area contributed by atoms with Crippen LogP contribution in [0.5, 0.6) is 0 Å². The van der Waals surface area contributed by atoms with Crippen molar-refractivity contribution in [3.8, 4) is 0 Å². The first kappa shape index (κ1) is 16.3. The summed E-state index contributed by atoms with van der Waals surface area (Å²) >= 11 is 12.1. The molecule has 0 saturated heterocycles. The van der Waals surface area contributed by atoms with Crippen molar-refractivity contribution in [1.29, 1.82) is 0 Å². The monoisotopic (exact) mass is 347 g/mol. The summed E-state index contributed by atoms with van der Waals surface area (Å²) in [5.74, 6) is 0.939. The van der Waals surface area contributed by atoms with Gasteiger partial charge in [0.05, 0.1) is 21.1 Å². The number of nitrogens with zero attached hydrogens (tertiary/aromatic N) is 2. The second-order valence-electron chi connectivity index (χ2n) is 5.94. The lowest BCUT2D eigenvalue weighted by Gasteiger charge is -2.25. The maximum Gasteiger partial charge on any atom is 0.104 e. The van der Waals surface area contributed by atoms with Crippen LogP contribution in [0, 0.1) is 6.92 Å². The number of benzene rings is 2. The molecule has 3 rings (SSSR count). The fourth-order valence-electron chi connectivity index (χ4n) is 2.73. The smallest absolute Gasteiger partial charge is 0.104 e. The van der Waals surface area contributed by atoms with Crippen LogP contribution in [0.2, 0.25) is 10.0 Å². The van der Waals surface area contributed by atoms with E-state index in [4.69, 9.17) is 23.2 Å². The Morgan fingerprint density at radius 1 is 1.13 bits per heavy atom. The number of fused-ring (bicyclic) bond motifs is 1. The van der Waals surface area contributed by atoms with Gasteiger partial charge in [0, 0.05) is 12.6 Å². The van der Waals surface area contributed by atoms with Crippen molar-refractivity contribution >= 4 is 34.2 Å². The molecule has 3 nitrogen and oxygen atoms in total. The minimum absolute atomic E-state index is 0.275. The zero-order valence-corrected chi connectivity index (χ0v) is 14.9. The molecule has 23 heavy (non-hydrogen) atoms. The van der Waals surface area contributed by atoms with Crippen LogP contribution in [-0.4, -0.2) is 21.9 Å². The quantitative estimate of drug-likeness (QED) is 0.687. The summed E-state index contributed by atoms with van der Waals surface area (Å²) in [5.41, 5.74) is 4.48. The third-order valence-corrected chi connectivity index (χ3v) is 4.92. The van der Waals surface area contributed by atoms with Crippen LogP contribution in [0.25, 0.3) is 11.0 Å². The predicted octanol–water partition coefficient (Wildman–Crippen LogP) is 5.37. The summed E-state index contributed by atoms with van der Waals surface area (Å²) in [4.78, 5) is 10.0. The lowest BCUT2D eigenvalue weighted by molar-refractivity contribution is 0.253. The summed E-state index contributed by atoms with van der Waals surface area (Å²) in [6.07, 6.45) is 0. The third kappa shape index (κ3) is 3.52. The number of hydrogen-bond acceptors (Lipinski definition) is 2. The summed E-state index contributed by atoms with van der Waals surface area (Å²) in [6.45, 7) is 4.97. The highest BCUT2D eigenvalue weighted by atomic mass is 35.5. The molecule has 3 aromatic rings.